The van der Waals surface area contributed by atoms with Crippen LogP contribution in [0.1, 0.15) is 6.92 Å². The Bertz CT molecular complexity index is 46.8. The third-order valence-electron chi connectivity index (χ3n) is 0.422. The number of hydrogen-bond donors (Lipinski definition) is 0. The highest BCUT2D eigenvalue weighted by molar-refractivity contribution is 7.80. The first kappa shape index (κ1) is 6.11. The lowest BCUT2D eigenvalue weighted by molar-refractivity contribution is 0.446. The lowest BCUT2D eigenvalue weighted by atomic mass is 11.0. The largest absolute Gasteiger partial charge is 0.294 e. The van der Waals surface area contributed by atoms with Crippen LogP contribution in [0, 0.1) is 0 Å². The van der Waals surface area contributed by atoms with Crippen molar-refractivity contribution >= 4 is 11.1 Å². The Balaban J connectivity index is 2.99. The second-order valence-electron chi connectivity index (χ2n) is 0.759. The van der Waals surface area contributed by atoms with Gasteiger partial charge in [-0.2, -0.15) is 0 Å². The summed E-state index contributed by atoms with van der Waals surface area (Å²) in [6.45, 7) is 1.81. The molecule has 0 aromatic rings. The molecule has 2 nitrogen and oxygen atoms in total. The van der Waals surface area contributed by atoms with E-state index >= 15 is 0 Å². The molecule has 0 aliphatic carbocycles. The zero-order chi connectivity index (χ0) is 4.99. The van der Waals surface area contributed by atoms with Gasteiger partial charge in [-0.1, -0.05) is 6.92 Å². The second kappa shape index (κ2) is 3.31. The zero-order valence-corrected chi connectivity index (χ0v) is 4.75. The molecule has 0 saturated carbocycles. The molecule has 0 rings (SSSR count). The molecule has 6 heavy (non-hydrogen) atoms. The van der Waals surface area contributed by atoms with Gasteiger partial charge in [-0.15, -0.1) is 0 Å². The van der Waals surface area contributed by atoms with Gasteiger partial charge < -0.3 is 0 Å². The van der Waals surface area contributed by atoms with Gasteiger partial charge in [0.15, 0.2) is 11.1 Å². The molecule has 0 heterocycles. The molecule has 0 fully saturated rings. The summed E-state index contributed by atoms with van der Waals surface area (Å²) in [5.74, 6) is 0.580. The monoisotopic (exact) mass is 108 g/mol. The van der Waals surface area contributed by atoms with Gasteiger partial charge in [-0.3, -0.25) is 4.18 Å². The molecule has 0 N–H and O–H groups in total. The van der Waals surface area contributed by atoms with E-state index in [4.69, 9.17) is 0 Å². The van der Waals surface area contributed by atoms with Crippen LogP contribution >= 0.6 is 0 Å². The normalized spacial score (nSPS) is 14.3. The van der Waals surface area contributed by atoms with Crippen molar-refractivity contribution in [3.8, 4) is 0 Å². The topological polar surface area (TPSA) is 26.3 Å². The predicted octanol–water partition coefficient (Wildman–Crippen LogP) is 0.316. The van der Waals surface area contributed by atoms with E-state index in [1.807, 2.05) is 0 Å². The van der Waals surface area contributed by atoms with E-state index < -0.39 is 11.1 Å². The highest BCUT2D eigenvalue weighted by atomic mass is 32.2. The van der Waals surface area contributed by atoms with Crippen molar-refractivity contribution in [1.82, 2.24) is 0 Å². The third-order valence-corrected chi connectivity index (χ3v) is 1.26. The molecule has 38 valence electrons. The molecule has 0 aliphatic rings. The number of rotatable bonds is 2. The van der Waals surface area contributed by atoms with Crippen LogP contribution in [-0.4, -0.2) is 17.1 Å². The summed E-state index contributed by atoms with van der Waals surface area (Å²) in [6, 6.07) is 0. The van der Waals surface area contributed by atoms with Crippen LogP contribution in [0.5, 0.6) is 0 Å². The van der Waals surface area contributed by atoms with Crippen molar-refractivity contribution < 1.29 is 8.39 Å². The Morgan fingerprint density at radius 1 is 1.83 bits per heavy atom. The van der Waals surface area contributed by atoms with E-state index in [9.17, 15) is 4.21 Å². The SMILES string of the molecule is CCS(=O)OC. The van der Waals surface area contributed by atoms with Crippen LogP contribution in [0.2, 0.25) is 0 Å². The lowest BCUT2D eigenvalue weighted by Crippen LogP contribution is -1.92. The minimum atomic E-state index is -1.03. The van der Waals surface area contributed by atoms with Crippen LogP contribution in [0.15, 0.2) is 0 Å². The van der Waals surface area contributed by atoms with Crippen molar-refractivity contribution in [3.63, 3.8) is 0 Å². The van der Waals surface area contributed by atoms with E-state index in [-0.39, 0.29) is 0 Å². The summed E-state index contributed by atoms with van der Waals surface area (Å²) in [7, 11) is 1.43. The maximum Gasteiger partial charge on any atom is 0.154 e. The quantitative estimate of drug-likeness (QED) is 0.509. The Hall–Kier alpha value is 0.110. The molecular formula is C3H8O2S. The average Bonchev–Trinajstić information content (AvgIpc) is 1.65. The minimum absolute atomic E-state index is 0.580. The van der Waals surface area contributed by atoms with Gasteiger partial charge >= 0.3 is 0 Å². The van der Waals surface area contributed by atoms with E-state index in [1.54, 1.807) is 6.92 Å². The zero-order valence-electron chi connectivity index (χ0n) is 3.93. The van der Waals surface area contributed by atoms with E-state index in [1.165, 1.54) is 7.11 Å². The van der Waals surface area contributed by atoms with Crippen molar-refractivity contribution in [1.29, 1.82) is 0 Å². The van der Waals surface area contributed by atoms with Crippen LogP contribution in [0.25, 0.3) is 0 Å². The molecule has 1 atom stereocenters. The fourth-order valence-electron chi connectivity index (χ4n) is 0.118. The summed E-state index contributed by atoms with van der Waals surface area (Å²) >= 11 is -1.03. The highest BCUT2D eigenvalue weighted by Crippen LogP contribution is 1.75. The fourth-order valence-corrected chi connectivity index (χ4v) is 0.354. The van der Waals surface area contributed by atoms with Gasteiger partial charge in [0.2, 0.25) is 0 Å². The Morgan fingerprint density at radius 2 is 2.33 bits per heavy atom. The van der Waals surface area contributed by atoms with E-state index in [0.717, 1.165) is 0 Å². The smallest absolute Gasteiger partial charge is 0.154 e. The molecule has 0 amide bonds. The van der Waals surface area contributed by atoms with Gasteiger partial charge in [0.25, 0.3) is 0 Å². The molecule has 0 radical (unpaired) electrons. The maximum atomic E-state index is 10.1. The lowest BCUT2D eigenvalue weighted by Gasteiger charge is -1.86. The van der Waals surface area contributed by atoms with Crippen molar-refractivity contribution in [2.75, 3.05) is 12.9 Å². The van der Waals surface area contributed by atoms with Gasteiger partial charge in [0.05, 0.1) is 7.11 Å². The van der Waals surface area contributed by atoms with Gasteiger partial charge in [-0.25, -0.2) is 4.21 Å². The van der Waals surface area contributed by atoms with Gasteiger partial charge in [0.1, 0.15) is 0 Å². The van der Waals surface area contributed by atoms with Gasteiger partial charge in [-0.05, 0) is 0 Å². The molecule has 0 aromatic carbocycles. The molecule has 0 bridgehead atoms. The van der Waals surface area contributed by atoms with Gasteiger partial charge in [0, 0.05) is 5.75 Å². The maximum absolute atomic E-state index is 10.1. The Labute approximate surface area is 40.2 Å². The first-order valence-corrected chi connectivity index (χ1v) is 2.98. The molecule has 0 spiro atoms. The average molecular weight is 108 g/mol. The standard InChI is InChI=1S/C3H8O2S/c1-3-6(4)5-2/h3H2,1-2H3. The van der Waals surface area contributed by atoms with Crippen LogP contribution in [0.3, 0.4) is 0 Å². The molecule has 3 heteroatoms. The molecule has 0 saturated heterocycles. The Kier molecular flexibility index (Phi) is 3.37. The summed E-state index contributed by atoms with van der Waals surface area (Å²) in [5, 5.41) is 0. The van der Waals surface area contributed by atoms with Crippen molar-refractivity contribution in [3.05, 3.63) is 0 Å². The van der Waals surface area contributed by atoms with E-state index in [2.05, 4.69) is 4.18 Å². The summed E-state index contributed by atoms with van der Waals surface area (Å²) in [4.78, 5) is 0. The molecular weight excluding hydrogens is 100 g/mol. The first-order valence-electron chi connectivity index (χ1n) is 1.74. The summed E-state index contributed by atoms with van der Waals surface area (Å²) in [6.07, 6.45) is 0. The van der Waals surface area contributed by atoms with Crippen LogP contribution < -0.4 is 0 Å². The van der Waals surface area contributed by atoms with E-state index in [0.29, 0.717) is 5.75 Å². The minimum Gasteiger partial charge on any atom is -0.294 e. The summed E-state index contributed by atoms with van der Waals surface area (Å²) in [5.41, 5.74) is 0. The van der Waals surface area contributed by atoms with Crippen molar-refractivity contribution in [2.24, 2.45) is 0 Å². The predicted molar refractivity (Wildman–Crippen MR) is 25.7 cm³/mol. The highest BCUT2D eigenvalue weighted by Gasteiger charge is 1.83. The molecule has 0 aliphatic heterocycles. The second-order valence-corrected chi connectivity index (χ2v) is 2.28. The fraction of sp³-hybridized carbons (Fsp3) is 1.00. The Morgan fingerprint density at radius 3 is 2.33 bits per heavy atom. The number of hydrogen-bond acceptors (Lipinski definition) is 2. The van der Waals surface area contributed by atoms with Crippen molar-refractivity contribution in [2.45, 2.75) is 6.92 Å². The molecule has 1 unspecified atom stereocenters. The summed E-state index contributed by atoms with van der Waals surface area (Å²) < 4.78 is 14.4. The molecule has 0 aromatic heterocycles. The van der Waals surface area contributed by atoms with Crippen LogP contribution in [-0.2, 0) is 15.3 Å². The first-order chi connectivity index (χ1) is 2.81. The third kappa shape index (κ3) is 2.35. The van der Waals surface area contributed by atoms with Crippen LogP contribution in [0.4, 0.5) is 0 Å².